The van der Waals surface area contributed by atoms with E-state index in [-0.39, 0.29) is 18.5 Å². The average molecular weight is 242 g/mol. The van der Waals surface area contributed by atoms with Crippen molar-refractivity contribution in [3.63, 3.8) is 0 Å². The van der Waals surface area contributed by atoms with Crippen molar-refractivity contribution < 1.29 is 9.90 Å². The summed E-state index contributed by atoms with van der Waals surface area (Å²) in [7, 11) is 0. The van der Waals surface area contributed by atoms with Crippen LogP contribution in [0.4, 0.5) is 0 Å². The molecule has 0 bridgehead atoms. The van der Waals surface area contributed by atoms with Crippen LogP contribution < -0.4 is 5.32 Å². The highest BCUT2D eigenvalue weighted by atomic mass is 35.5. The quantitative estimate of drug-likeness (QED) is 0.834. The highest BCUT2D eigenvalue weighted by molar-refractivity contribution is 6.30. The standard InChI is InChI=1S/C12H16ClNO2/c1-8(6-12(15)16)14-9(2)10-4-3-5-11(13)7-10/h3-5,7-9,14H,6H2,1-2H3,(H,15,16). The molecule has 16 heavy (non-hydrogen) atoms. The highest BCUT2D eigenvalue weighted by Gasteiger charge is 2.12. The van der Waals surface area contributed by atoms with Crippen molar-refractivity contribution in [2.75, 3.05) is 0 Å². The summed E-state index contributed by atoms with van der Waals surface area (Å²) >= 11 is 5.89. The number of benzene rings is 1. The van der Waals surface area contributed by atoms with E-state index in [9.17, 15) is 4.79 Å². The Kier molecular flexibility index (Phi) is 4.77. The van der Waals surface area contributed by atoms with Gasteiger partial charge in [-0.3, -0.25) is 4.79 Å². The van der Waals surface area contributed by atoms with E-state index in [4.69, 9.17) is 16.7 Å². The first-order valence-corrected chi connectivity index (χ1v) is 5.60. The Morgan fingerprint density at radius 2 is 2.19 bits per heavy atom. The number of rotatable bonds is 5. The second-order valence-electron chi connectivity index (χ2n) is 3.94. The third-order valence-corrected chi connectivity index (χ3v) is 2.60. The van der Waals surface area contributed by atoms with E-state index in [1.165, 1.54) is 0 Å². The maximum Gasteiger partial charge on any atom is 0.304 e. The Hall–Kier alpha value is -1.06. The minimum atomic E-state index is -0.793. The van der Waals surface area contributed by atoms with E-state index < -0.39 is 5.97 Å². The van der Waals surface area contributed by atoms with Crippen LogP contribution in [0.5, 0.6) is 0 Å². The lowest BCUT2D eigenvalue weighted by Gasteiger charge is -2.19. The predicted molar refractivity (Wildman–Crippen MR) is 64.7 cm³/mol. The summed E-state index contributed by atoms with van der Waals surface area (Å²) in [5, 5.41) is 12.6. The summed E-state index contributed by atoms with van der Waals surface area (Å²) in [4.78, 5) is 10.5. The monoisotopic (exact) mass is 241 g/mol. The summed E-state index contributed by atoms with van der Waals surface area (Å²) in [6.07, 6.45) is 0.116. The first kappa shape index (κ1) is 13.0. The lowest BCUT2D eigenvalue weighted by molar-refractivity contribution is -0.137. The maximum absolute atomic E-state index is 10.5. The van der Waals surface area contributed by atoms with Crippen LogP contribution in [-0.2, 0) is 4.79 Å². The van der Waals surface area contributed by atoms with Gasteiger partial charge in [0.2, 0.25) is 0 Å². The minimum Gasteiger partial charge on any atom is -0.481 e. The van der Waals surface area contributed by atoms with E-state index in [0.717, 1.165) is 5.56 Å². The molecule has 2 atom stereocenters. The SMILES string of the molecule is CC(CC(=O)O)NC(C)c1cccc(Cl)c1. The summed E-state index contributed by atoms with van der Waals surface area (Å²) in [6, 6.07) is 7.58. The largest absolute Gasteiger partial charge is 0.481 e. The first-order valence-electron chi connectivity index (χ1n) is 5.22. The second-order valence-corrected chi connectivity index (χ2v) is 4.38. The van der Waals surface area contributed by atoms with Crippen molar-refractivity contribution in [2.24, 2.45) is 0 Å². The molecule has 0 saturated carbocycles. The van der Waals surface area contributed by atoms with Gasteiger partial charge in [-0.25, -0.2) is 0 Å². The number of aliphatic carboxylic acids is 1. The molecule has 1 rings (SSSR count). The molecule has 4 heteroatoms. The molecule has 0 aliphatic heterocycles. The van der Waals surface area contributed by atoms with Crippen LogP contribution in [0.15, 0.2) is 24.3 Å². The molecule has 2 N–H and O–H groups in total. The lowest BCUT2D eigenvalue weighted by Crippen LogP contribution is -2.30. The Labute approximate surface area is 100 Å². The van der Waals surface area contributed by atoms with Gasteiger partial charge in [-0.2, -0.15) is 0 Å². The van der Waals surface area contributed by atoms with Crippen molar-refractivity contribution in [3.05, 3.63) is 34.9 Å². The van der Waals surface area contributed by atoms with Gasteiger partial charge in [-0.05, 0) is 31.5 Å². The van der Waals surface area contributed by atoms with Gasteiger partial charge in [0.25, 0.3) is 0 Å². The van der Waals surface area contributed by atoms with Gasteiger partial charge in [0.1, 0.15) is 0 Å². The molecule has 88 valence electrons. The number of nitrogens with one attached hydrogen (secondary N) is 1. The molecule has 0 aromatic heterocycles. The number of carboxylic acids is 1. The zero-order valence-corrected chi connectivity index (χ0v) is 10.2. The normalized spacial score (nSPS) is 14.4. The van der Waals surface area contributed by atoms with Crippen LogP contribution in [0.3, 0.4) is 0 Å². The van der Waals surface area contributed by atoms with Crippen molar-refractivity contribution in [2.45, 2.75) is 32.4 Å². The van der Waals surface area contributed by atoms with Gasteiger partial charge in [0.15, 0.2) is 0 Å². The van der Waals surface area contributed by atoms with E-state index in [1.807, 2.05) is 38.1 Å². The smallest absolute Gasteiger partial charge is 0.304 e. The molecule has 0 fully saturated rings. The van der Waals surface area contributed by atoms with Gasteiger partial charge >= 0.3 is 5.97 Å². The summed E-state index contributed by atoms with van der Waals surface area (Å²) in [5.41, 5.74) is 1.06. The van der Waals surface area contributed by atoms with Gasteiger partial charge in [-0.1, -0.05) is 23.7 Å². The van der Waals surface area contributed by atoms with Crippen LogP contribution in [-0.4, -0.2) is 17.1 Å². The highest BCUT2D eigenvalue weighted by Crippen LogP contribution is 2.18. The Bertz CT molecular complexity index is 368. The van der Waals surface area contributed by atoms with Gasteiger partial charge < -0.3 is 10.4 Å². The van der Waals surface area contributed by atoms with Crippen LogP contribution in [0, 0.1) is 0 Å². The lowest BCUT2D eigenvalue weighted by atomic mass is 10.1. The average Bonchev–Trinajstić information content (AvgIpc) is 2.16. The van der Waals surface area contributed by atoms with Crippen molar-refractivity contribution >= 4 is 17.6 Å². The van der Waals surface area contributed by atoms with E-state index in [0.29, 0.717) is 5.02 Å². The van der Waals surface area contributed by atoms with Crippen LogP contribution in [0.2, 0.25) is 5.02 Å². The van der Waals surface area contributed by atoms with E-state index in [1.54, 1.807) is 0 Å². The topological polar surface area (TPSA) is 49.3 Å². The zero-order valence-electron chi connectivity index (χ0n) is 9.40. The summed E-state index contributed by atoms with van der Waals surface area (Å²) in [6.45, 7) is 3.85. The first-order chi connectivity index (χ1) is 7.49. The van der Waals surface area contributed by atoms with E-state index >= 15 is 0 Å². The summed E-state index contributed by atoms with van der Waals surface area (Å²) < 4.78 is 0. The number of hydrogen-bond acceptors (Lipinski definition) is 2. The molecule has 0 aliphatic rings. The zero-order chi connectivity index (χ0) is 12.1. The molecular weight excluding hydrogens is 226 g/mol. The Morgan fingerprint density at radius 3 is 2.75 bits per heavy atom. The molecule has 0 aliphatic carbocycles. The molecule has 1 aromatic carbocycles. The predicted octanol–water partition coefficient (Wildman–Crippen LogP) is 2.85. The third-order valence-electron chi connectivity index (χ3n) is 2.36. The van der Waals surface area contributed by atoms with Gasteiger partial charge in [0.05, 0.1) is 6.42 Å². The second kappa shape index (κ2) is 5.87. The van der Waals surface area contributed by atoms with E-state index in [2.05, 4.69) is 5.32 Å². The van der Waals surface area contributed by atoms with Crippen molar-refractivity contribution in [1.29, 1.82) is 0 Å². The molecule has 0 spiro atoms. The molecule has 3 nitrogen and oxygen atoms in total. The van der Waals surface area contributed by atoms with Crippen molar-refractivity contribution in [1.82, 2.24) is 5.32 Å². The number of carboxylic acid groups (broad SMARTS) is 1. The number of halogens is 1. The fourth-order valence-corrected chi connectivity index (χ4v) is 1.82. The molecule has 0 saturated heterocycles. The Morgan fingerprint density at radius 1 is 1.50 bits per heavy atom. The number of carbonyl (C=O) groups is 1. The number of hydrogen-bond donors (Lipinski definition) is 2. The molecule has 0 radical (unpaired) electrons. The fraction of sp³-hybridized carbons (Fsp3) is 0.417. The third kappa shape index (κ3) is 4.21. The molecule has 1 aromatic rings. The molecule has 0 amide bonds. The van der Waals surface area contributed by atoms with Crippen LogP contribution in [0.1, 0.15) is 31.9 Å². The maximum atomic E-state index is 10.5. The minimum absolute atomic E-state index is 0.0634. The van der Waals surface area contributed by atoms with Crippen molar-refractivity contribution in [3.8, 4) is 0 Å². The van der Waals surface area contributed by atoms with Gasteiger partial charge in [-0.15, -0.1) is 0 Å². The van der Waals surface area contributed by atoms with Crippen LogP contribution >= 0.6 is 11.6 Å². The Balaban J connectivity index is 2.58. The van der Waals surface area contributed by atoms with Gasteiger partial charge in [0, 0.05) is 17.1 Å². The molecule has 2 unspecified atom stereocenters. The molecule has 0 heterocycles. The molecular formula is C12H16ClNO2. The summed E-state index contributed by atoms with van der Waals surface area (Å²) in [5.74, 6) is -0.793. The fourth-order valence-electron chi connectivity index (χ4n) is 1.62. The van der Waals surface area contributed by atoms with Crippen LogP contribution in [0.25, 0.3) is 0 Å².